The number of quaternary nitrogens is 1. The number of amides is 3. The number of imide groups is 1. The van der Waals surface area contributed by atoms with Crippen molar-refractivity contribution in [3.8, 4) is 0 Å². The molecule has 0 aromatic heterocycles. The number of aliphatic hydroxyl groups excluding tert-OH is 1. The number of aliphatic hydroxyl groups is 1. The number of benzene rings is 2. The second-order valence-electron chi connectivity index (χ2n) is 13.6. The van der Waals surface area contributed by atoms with Crippen LogP contribution in [-0.4, -0.2) is 83.2 Å². The average molecular weight is 596 g/mol. The number of likely N-dealkylation sites (tertiary alicyclic amines) is 1. The van der Waals surface area contributed by atoms with E-state index in [0.29, 0.717) is 31.5 Å². The molecule has 3 fully saturated rings. The van der Waals surface area contributed by atoms with Crippen LogP contribution in [0.5, 0.6) is 0 Å². The monoisotopic (exact) mass is 595 g/mol. The Morgan fingerprint density at radius 3 is 2.23 bits per heavy atom. The molecule has 4 N–H and O–H groups in total. The van der Waals surface area contributed by atoms with Gasteiger partial charge in [-0.15, -0.1) is 4.48 Å². The summed E-state index contributed by atoms with van der Waals surface area (Å²) in [4.78, 5) is 35.2. The Morgan fingerprint density at radius 1 is 1.02 bits per heavy atom. The molecule has 0 radical (unpaired) electrons. The molecule has 5 rings (SSSR count). The predicted octanol–water partition coefficient (Wildman–Crippen LogP) is 4.04. The molecule has 3 amide bonds. The maximum Gasteiger partial charge on any atom is 0.433 e. The van der Waals surface area contributed by atoms with Gasteiger partial charge in [0.1, 0.15) is 17.3 Å². The van der Waals surface area contributed by atoms with Crippen LogP contribution in [0.15, 0.2) is 48.5 Å². The van der Waals surface area contributed by atoms with E-state index in [-0.39, 0.29) is 23.7 Å². The normalized spacial score (nSPS) is 30.6. The molecule has 0 spiro atoms. The maximum absolute atomic E-state index is 15.0. The number of urea groups is 1. The van der Waals surface area contributed by atoms with Gasteiger partial charge >= 0.3 is 11.9 Å². The third kappa shape index (κ3) is 5.32. The molecule has 4 atom stereocenters. The second-order valence-corrected chi connectivity index (χ2v) is 13.6. The fraction of sp³-hybridized carbons (Fsp3) is 0.576. The van der Waals surface area contributed by atoms with E-state index in [9.17, 15) is 19.1 Å². The van der Waals surface area contributed by atoms with Crippen LogP contribution in [0.2, 0.25) is 0 Å². The van der Waals surface area contributed by atoms with E-state index < -0.39 is 28.1 Å². The number of carbonyl (C=O) groups is 2. The first-order valence-corrected chi connectivity index (χ1v) is 15.5. The minimum atomic E-state index is -1.49. The van der Waals surface area contributed by atoms with Crippen molar-refractivity contribution in [2.45, 2.75) is 88.9 Å². The first-order chi connectivity index (χ1) is 20.3. The van der Waals surface area contributed by atoms with Gasteiger partial charge in [0.2, 0.25) is 0 Å². The van der Waals surface area contributed by atoms with Crippen LogP contribution in [0.3, 0.4) is 0 Å². The zero-order valence-electron chi connectivity index (χ0n) is 26.3. The van der Waals surface area contributed by atoms with Crippen molar-refractivity contribution < 1.29 is 19.1 Å². The molecule has 3 saturated heterocycles. The van der Waals surface area contributed by atoms with Crippen molar-refractivity contribution in [3.63, 3.8) is 0 Å². The summed E-state index contributed by atoms with van der Waals surface area (Å²) < 4.78 is 13.4. The molecule has 3 aliphatic heterocycles. The highest BCUT2D eigenvalue weighted by molar-refractivity contribution is 6.12. The minimum absolute atomic E-state index is 0.0576. The number of fused-ring (bicyclic) bond motifs is 1. The van der Waals surface area contributed by atoms with Crippen LogP contribution in [0.25, 0.3) is 0 Å². The van der Waals surface area contributed by atoms with Crippen molar-refractivity contribution in [3.05, 3.63) is 65.5 Å². The van der Waals surface area contributed by atoms with E-state index in [0.717, 1.165) is 43.5 Å². The maximum atomic E-state index is 15.0. The lowest BCUT2D eigenvalue weighted by Crippen LogP contribution is -2.83. The number of hydrogen-bond acceptors (Lipinski definition) is 7. The Kier molecular flexibility index (Phi) is 8.58. The highest BCUT2D eigenvalue weighted by Crippen LogP contribution is 2.45. The zero-order chi connectivity index (χ0) is 31.2. The molecule has 10 heteroatoms. The predicted molar refractivity (Wildman–Crippen MR) is 166 cm³/mol. The summed E-state index contributed by atoms with van der Waals surface area (Å²) in [5.74, 6) is -3.00. The van der Waals surface area contributed by atoms with E-state index in [1.165, 1.54) is 17.0 Å². The lowest BCUT2D eigenvalue weighted by molar-refractivity contribution is -0.144. The van der Waals surface area contributed by atoms with Crippen LogP contribution >= 0.6 is 0 Å². The van der Waals surface area contributed by atoms with Crippen LogP contribution < -0.4 is 15.5 Å². The summed E-state index contributed by atoms with van der Waals surface area (Å²) in [5.41, 5.74) is 9.65. The van der Waals surface area contributed by atoms with Gasteiger partial charge in [0, 0.05) is 45.4 Å². The van der Waals surface area contributed by atoms with Crippen LogP contribution in [0.4, 0.5) is 14.9 Å². The molecular weight excluding hydrogens is 547 g/mol. The number of hydrogen-bond donors (Lipinski definition) is 3. The molecule has 9 nitrogen and oxygen atoms in total. The molecule has 0 aliphatic carbocycles. The Bertz CT molecular complexity index is 1330. The van der Waals surface area contributed by atoms with Crippen molar-refractivity contribution in [2.75, 3.05) is 33.8 Å². The first kappa shape index (κ1) is 31.7. The lowest BCUT2D eigenvalue weighted by atomic mass is 9.87. The van der Waals surface area contributed by atoms with E-state index in [1.807, 2.05) is 24.3 Å². The van der Waals surface area contributed by atoms with E-state index >= 15 is 0 Å². The third-order valence-electron chi connectivity index (χ3n) is 9.83. The Labute approximate surface area is 255 Å². The van der Waals surface area contributed by atoms with E-state index in [1.54, 1.807) is 26.2 Å². The smallest absolute Gasteiger partial charge is 0.396 e. The van der Waals surface area contributed by atoms with Crippen molar-refractivity contribution in [1.82, 2.24) is 24.5 Å². The summed E-state index contributed by atoms with van der Waals surface area (Å²) in [6, 6.07) is 12.7. The van der Waals surface area contributed by atoms with Gasteiger partial charge in [0.25, 0.3) is 0 Å². The molecule has 2 aromatic carbocycles. The SMILES string of the molecule is CN1C(=O)[N+](C)(c2ccc(C(C)(C)C)cc2)C(=O)C2N(Cc3ccc(F)cc3)C(CCCCO)(N3CCCCC3)NC21N. The molecule has 4 unspecified atom stereocenters. The zero-order valence-corrected chi connectivity index (χ0v) is 26.3. The van der Waals surface area contributed by atoms with Gasteiger partial charge in [0.05, 0.1) is 7.05 Å². The van der Waals surface area contributed by atoms with Gasteiger partial charge in [-0.05, 0) is 60.8 Å². The third-order valence-corrected chi connectivity index (χ3v) is 9.83. The van der Waals surface area contributed by atoms with Crippen molar-refractivity contribution >= 4 is 17.6 Å². The molecule has 2 aromatic rings. The molecule has 0 bridgehead atoms. The molecule has 0 saturated carbocycles. The van der Waals surface area contributed by atoms with Gasteiger partial charge < -0.3 is 5.11 Å². The Hall–Kier alpha value is -2.73. The highest BCUT2D eigenvalue weighted by atomic mass is 19.1. The number of likely N-dealkylation sites (N-methyl/N-ethyl adjacent to an activating group) is 2. The number of unbranched alkanes of at least 4 members (excludes halogenated alkanes) is 1. The summed E-state index contributed by atoms with van der Waals surface area (Å²) in [7, 11) is 3.33. The van der Waals surface area contributed by atoms with Gasteiger partial charge in [-0.1, -0.05) is 51.5 Å². The van der Waals surface area contributed by atoms with E-state index in [2.05, 4.69) is 35.9 Å². The van der Waals surface area contributed by atoms with Gasteiger partial charge in [0.15, 0.2) is 11.8 Å². The van der Waals surface area contributed by atoms with Crippen LogP contribution in [0, 0.1) is 5.82 Å². The first-order valence-electron chi connectivity index (χ1n) is 15.5. The second kappa shape index (κ2) is 11.6. The minimum Gasteiger partial charge on any atom is -0.396 e. The number of piperidine rings is 1. The number of nitrogens with two attached hydrogens (primary N) is 1. The van der Waals surface area contributed by atoms with Gasteiger partial charge in [-0.25, -0.2) is 24.2 Å². The number of nitrogens with one attached hydrogen (secondary N) is 1. The number of carbonyl (C=O) groups excluding carboxylic acids is 2. The van der Waals surface area contributed by atoms with Gasteiger partial charge in [-0.2, -0.15) is 0 Å². The lowest BCUT2D eigenvalue weighted by Gasteiger charge is -2.49. The molecule has 3 aliphatic rings. The highest BCUT2D eigenvalue weighted by Gasteiger charge is 2.73. The van der Waals surface area contributed by atoms with Crippen LogP contribution in [0.1, 0.15) is 70.4 Å². The van der Waals surface area contributed by atoms with Gasteiger partial charge in [-0.3, -0.25) is 15.5 Å². The van der Waals surface area contributed by atoms with Crippen LogP contribution in [-0.2, 0) is 16.8 Å². The molecule has 234 valence electrons. The fourth-order valence-corrected chi connectivity index (χ4v) is 7.18. The van der Waals surface area contributed by atoms with E-state index in [4.69, 9.17) is 5.73 Å². The molecule has 3 heterocycles. The summed E-state index contributed by atoms with van der Waals surface area (Å²) >= 11 is 0. The fourth-order valence-electron chi connectivity index (χ4n) is 7.18. The molecular formula is C33H48FN6O3+. The van der Waals surface area contributed by atoms with Crippen molar-refractivity contribution in [1.29, 1.82) is 0 Å². The summed E-state index contributed by atoms with van der Waals surface area (Å²) in [6.45, 7) is 8.37. The largest absolute Gasteiger partial charge is 0.433 e. The summed E-state index contributed by atoms with van der Waals surface area (Å²) in [6.07, 6.45) is 5.01. The standard InChI is InChI=1S/C33H48FN6O3/c1-31(2,3)25-13-17-27(18-14-25)40(5)29(42)28-33(35,37(4)30(40)43)36-32(19-7-10-22-41,38-20-8-6-9-21-38)39(28)23-24-11-15-26(34)16-12-24/h11-18,28,36,41H,6-10,19-23,35H2,1-5H3/q+1. The topological polar surface area (TPSA) is 102 Å². The quantitative estimate of drug-likeness (QED) is 0.313. The Balaban J connectivity index is 1.66. The summed E-state index contributed by atoms with van der Waals surface area (Å²) in [5, 5.41) is 13.4. The Morgan fingerprint density at radius 2 is 1.65 bits per heavy atom. The number of rotatable bonds is 8. The average Bonchev–Trinajstić information content (AvgIpc) is 3.25. The van der Waals surface area contributed by atoms with Crippen molar-refractivity contribution in [2.24, 2.45) is 5.73 Å². The molecule has 43 heavy (non-hydrogen) atoms. The number of halogens is 1. The number of nitrogens with zero attached hydrogens (tertiary/aromatic N) is 4.